The van der Waals surface area contributed by atoms with Crippen LogP contribution in [-0.2, 0) is 17.7 Å². The van der Waals surface area contributed by atoms with Crippen molar-refractivity contribution >= 4 is 34.2 Å². The van der Waals surface area contributed by atoms with Crippen LogP contribution in [-0.4, -0.2) is 65.8 Å². The van der Waals surface area contributed by atoms with E-state index in [0.29, 0.717) is 31.4 Å². The summed E-state index contributed by atoms with van der Waals surface area (Å²) in [7, 11) is 0. The van der Waals surface area contributed by atoms with E-state index in [4.69, 9.17) is 21.3 Å². The number of fused-ring (bicyclic) bond motifs is 2. The van der Waals surface area contributed by atoms with Crippen LogP contribution in [0.4, 0.5) is 10.1 Å². The largest absolute Gasteiger partial charge is 0.378 e. The van der Waals surface area contributed by atoms with E-state index in [0.717, 1.165) is 30.1 Å². The SMILES string of the molecule is O=C(CCc1ncn2ccc(Cl)c(F)c12)c1cn(Cc2cn3cc(C4CC4)cc(N4CCOCC4)c3n2)nn1. The molecule has 0 N–H and O–H groups in total. The van der Waals surface area contributed by atoms with Gasteiger partial charge in [-0.1, -0.05) is 16.8 Å². The van der Waals surface area contributed by atoms with Crippen LogP contribution in [0.3, 0.4) is 0 Å². The zero-order valence-electron chi connectivity index (χ0n) is 21.1. The number of aromatic nitrogens is 7. The molecule has 0 radical (unpaired) electrons. The highest BCUT2D eigenvalue weighted by atomic mass is 35.5. The molecule has 5 aromatic rings. The maximum Gasteiger partial charge on any atom is 0.185 e. The number of imidazole rings is 2. The van der Waals surface area contributed by atoms with Crippen LogP contribution in [0.2, 0.25) is 5.02 Å². The van der Waals surface area contributed by atoms with Gasteiger partial charge in [0.25, 0.3) is 0 Å². The molecule has 2 aliphatic rings. The Morgan fingerprint density at radius 1 is 1.15 bits per heavy atom. The summed E-state index contributed by atoms with van der Waals surface area (Å²) in [6, 6.07) is 3.75. The highest BCUT2D eigenvalue weighted by Gasteiger charge is 2.27. The summed E-state index contributed by atoms with van der Waals surface area (Å²) in [5.74, 6) is -0.111. The molecule has 1 aliphatic heterocycles. The van der Waals surface area contributed by atoms with Crippen LogP contribution in [0.1, 0.15) is 52.6 Å². The Morgan fingerprint density at radius 3 is 2.82 bits per heavy atom. The molecule has 0 bridgehead atoms. The van der Waals surface area contributed by atoms with Gasteiger partial charge < -0.3 is 18.4 Å². The van der Waals surface area contributed by atoms with Gasteiger partial charge in [-0.15, -0.1) is 5.10 Å². The van der Waals surface area contributed by atoms with Crippen molar-refractivity contribution in [3.05, 3.63) is 76.7 Å². The Hall–Kier alpha value is -3.83. The predicted molar refractivity (Wildman–Crippen MR) is 142 cm³/mol. The maximum absolute atomic E-state index is 14.5. The lowest BCUT2D eigenvalue weighted by atomic mass is 10.1. The fourth-order valence-electron chi connectivity index (χ4n) is 5.20. The number of carbonyl (C=O) groups excluding carboxylic acids is 1. The third kappa shape index (κ3) is 4.65. The summed E-state index contributed by atoms with van der Waals surface area (Å²) in [6.07, 6.45) is 11.8. The number of pyridine rings is 2. The molecule has 200 valence electrons. The molecule has 0 aromatic carbocycles. The number of halogens is 2. The second-order valence-corrected chi connectivity index (χ2v) is 10.6. The molecular formula is C27H26ClFN8O2. The molecule has 0 spiro atoms. The molecule has 2 fully saturated rings. The lowest BCUT2D eigenvalue weighted by Crippen LogP contribution is -2.36. The Bertz CT molecular complexity index is 1700. The molecule has 1 saturated heterocycles. The van der Waals surface area contributed by atoms with E-state index < -0.39 is 5.82 Å². The Kier molecular flexibility index (Phi) is 6.04. The smallest absolute Gasteiger partial charge is 0.185 e. The molecule has 0 amide bonds. The summed E-state index contributed by atoms with van der Waals surface area (Å²) in [4.78, 5) is 24.4. The van der Waals surface area contributed by atoms with E-state index in [1.165, 1.54) is 30.8 Å². The molecule has 5 aromatic heterocycles. The van der Waals surface area contributed by atoms with Gasteiger partial charge in [0.15, 0.2) is 17.2 Å². The van der Waals surface area contributed by atoms with Crippen LogP contribution in [0.15, 0.2) is 43.2 Å². The minimum Gasteiger partial charge on any atom is -0.378 e. The monoisotopic (exact) mass is 548 g/mol. The molecule has 10 nitrogen and oxygen atoms in total. The number of aryl methyl sites for hydroxylation is 1. The van der Waals surface area contributed by atoms with Gasteiger partial charge in [0, 0.05) is 38.1 Å². The molecular weight excluding hydrogens is 523 g/mol. The Balaban J connectivity index is 1.08. The fraction of sp³-hybridized carbons (Fsp3) is 0.370. The van der Waals surface area contributed by atoms with Crippen molar-refractivity contribution in [2.45, 2.75) is 38.1 Å². The first-order valence-electron chi connectivity index (χ1n) is 13.1. The molecule has 7 rings (SSSR count). The van der Waals surface area contributed by atoms with Gasteiger partial charge in [0.05, 0.1) is 54.4 Å². The minimum absolute atomic E-state index is 0.0197. The maximum atomic E-state index is 14.5. The number of rotatable bonds is 8. The van der Waals surface area contributed by atoms with Crippen molar-refractivity contribution in [1.82, 2.24) is 33.8 Å². The quantitative estimate of drug-likeness (QED) is 0.271. The molecule has 1 saturated carbocycles. The summed E-state index contributed by atoms with van der Waals surface area (Å²) in [6.45, 7) is 3.49. The molecule has 1 aliphatic carbocycles. The number of morpholine rings is 1. The highest BCUT2D eigenvalue weighted by molar-refractivity contribution is 6.31. The van der Waals surface area contributed by atoms with E-state index in [9.17, 15) is 9.18 Å². The van der Waals surface area contributed by atoms with Gasteiger partial charge >= 0.3 is 0 Å². The number of carbonyl (C=O) groups is 1. The van der Waals surface area contributed by atoms with Crippen molar-refractivity contribution in [3.63, 3.8) is 0 Å². The first kappa shape index (κ1) is 24.2. The second kappa shape index (κ2) is 9.73. The third-order valence-electron chi connectivity index (χ3n) is 7.41. The number of hydrogen-bond acceptors (Lipinski definition) is 7. The van der Waals surface area contributed by atoms with Crippen molar-refractivity contribution < 1.29 is 13.9 Å². The fourth-order valence-corrected chi connectivity index (χ4v) is 5.35. The normalized spacial score (nSPS) is 16.0. The van der Waals surface area contributed by atoms with Crippen molar-refractivity contribution in [3.8, 4) is 0 Å². The second-order valence-electron chi connectivity index (χ2n) is 10.1. The van der Waals surface area contributed by atoms with Crippen LogP contribution in [0.5, 0.6) is 0 Å². The first-order chi connectivity index (χ1) is 19.0. The number of nitrogens with zero attached hydrogens (tertiary/aromatic N) is 8. The van der Waals surface area contributed by atoms with Gasteiger partial charge in [-0.05, 0) is 42.9 Å². The highest BCUT2D eigenvalue weighted by Crippen LogP contribution is 2.42. The van der Waals surface area contributed by atoms with Gasteiger partial charge in [-0.25, -0.2) is 19.0 Å². The van der Waals surface area contributed by atoms with Gasteiger partial charge in [0.1, 0.15) is 11.2 Å². The number of anilines is 1. The average molecular weight is 549 g/mol. The number of ether oxygens (including phenoxy) is 1. The Morgan fingerprint density at radius 2 is 2.00 bits per heavy atom. The third-order valence-corrected chi connectivity index (χ3v) is 7.70. The summed E-state index contributed by atoms with van der Waals surface area (Å²) in [5.41, 5.74) is 5.23. The first-order valence-corrected chi connectivity index (χ1v) is 13.5. The molecule has 0 atom stereocenters. The van der Waals surface area contributed by atoms with Gasteiger partial charge in [-0.2, -0.15) is 0 Å². The van der Waals surface area contributed by atoms with Crippen molar-refractivity contribution in [2.75, 3.05) is 31.2 Å². The average Bonchev–Trinajstić information content (AvgIpc) is 3.35. The zero-order valence-corrected chi connectivity index (χ0v) is 21.9. The summed E-state index contributed by atoms with van der Waals surface area (Å²) < 4.78 is 25.3. The number of hydrogen-bond donors (Lipinski definition) is 0. The predicted octanol–water partition coefficient (Wildman–Crippen LogP) is 3.94. The lowest BCUT2D eigenvalue weighted by Gasteiger charge is -2.29. The minimum atomic E-state index is -0.543. The molecule has 12 heteroatoms. The molecule has 6 heterocycles. The molecule has 39 heavy (non-hydrogen) atoms. The molecule has 0 unspecified atom stereocenters. The summed E-state index contributed by atoms with van der Waals surface area (Å²) >= 11 is 5.92. The van der Waals surface area contributed by atoms with E-state index in [1.807, 2.05) is 6.20 Å². The summed E-state index contributed by atoms with van der Waals surface area (Å²) in [5, 5.41) is 8.27. The van der Waals surface area contributed by atoms with E-state index in [2.05, 4.69) is 36.9 Å². The zero-order chi connectivity index (χ0) is 26.5. The van der Waals surface area contributed by atoms with Crippen LogP contribution in [0.25, 0.3) is 11.2 Å². The van der Waals surface area contributed by atoms with E-state index in [-0.39, 0.29) is 34.9 Å². The Labute approximate surface area is 228 Å². The van der Waals surface area contributed by atoms with Gasteiger partial charge in [0.2, 0.25) is 0 Å². The van der Waals surface area contributed by atoms with Gasteiger partial charge in [-0.3, -0.25) is 4.79 Å². The van der Waals surface area contributed by atoms with Crippen LogP contribution in [0, 0.1) is 5.82 Å². The number of Topliss-reactive ketones (excluding diaryl/α,β-unsaturated/α-hetero) is 1. The van der Waals surface area contributed by atoms with Crippen LogP contribution < -0.4 is 4.90 Å². The van der Waals surface area contributed by atoms with E-state index in [1.54, 1.807) is 21.5 Å². The number of ketones is 1. The standard InChI is InChI=1S/C27H26ClFN8O2/c28-20-5-6-35-16-30-21(26(35)25(20)29)3-4-24(38)22-15-37(33-32-22)14-19-13-36-12-18(17-1-2-17)11-23(27(36)31-19)34-7-9-39-10-8-34/h5-6,11-13,15-17H,1-4,7-10,14H2. The topological polar surface area (TPSA) is 94.9 Å². The van der Waals surface area contributed by atoms with Crippen molar-refractivity contribution in [2.24, 2.45) is 0 Å². The van der Waals surface area contributed by atoms with E-state index >= 15 is 0 Å². The van der Waals surface area contributed by atoms with Crippen LogP contribution >= 0.6 is 11.6 Å². The lowest BCUT2D eigenvalue weighted by molar-refractivity contribution is 0.0977. The van der Waals surface area contributed by atoms with Crippen molar-refractivity contribution in [1.29, 1.82) is 0 Å².